The van der Waals surface area contributed by atoms with Crippen molar-refractivity contribution in [3.05, 3.63) is 139 Å². The van der Waals surface area contributed by atoms with E-state index < -0.39 is 10.0 Å². The predicted molar refractivity (Wildman–Crippen MR) is 184 cm³/mol. The Balaban J connectivity index is 1.17. The van der Waals surface area contributed by atoms with E-state index in [1.54, 1.807) is 24.5 Å². The van der Waals surface area contributed by atoms with E-state index in [4.69, 9.17) is 0 Å². The molecular formula is C39H39N3O3S. The highest BCUT2D eigenvalue weighted by atomic mass is 32.2. The SMILES string of the molecule is O=C(Nc1ccc(-c2ccc(CN(Cc3cccnc3)S(=O)(=O)c3ccc(-c4ccccc4)cc3)cc2)cc1)C1CCCCCC1. The maximum Gasteiger partial charge on any atom is 0.243 e. The highest BCUT2D eigenvalue weighted by Gasteiger charge is 2.25. The van der Waals surface area contributed by atoms with Gasteiger partial charge in [-0.05, 0) is 76.6 Å². The molecule has 1 saturated carbocycles. The van der Waals surface area contributed by atoms with Crippen molar-refractivity contribution in [2.75, 3.05) is 5.32 Å². The van der Waals surface area contributed by atoms with E-state index in [1.165, 1.54) is 17.1 Å². The summed E-state index contributed by atoms with van der Waals surface area (Å²) in [5.74, 6) is 0.224. The fourth-order valence-electron chi connectivity index (χ4n) is 6.06. The molecular weight excluding hydrogens is 591 g/mol. The Morgan fingerprint density at radius 2 is 1.22 bits per heavy atom. The third-order valence-electron chi connectivity index (χ3n) is 8.71. The van der Waals surface area contributed by atoms with E-state index in [1.807, 2.05) is 103 Å². The molecule has 0 spiro atoms. The van der Waals surface area contributed by atoms with Crippen LogP contribution in [0.1, 0.15) is 49.7 Å². The Kier molecular flexibility index (Phi) is 10.0. The third kappa shape index (κ3) is 7.79. The van der Waals surface area contributed by atoms with Crippen LogP contribution in [0.4, 0.5) is 5.69 Å². The minimum absolute atomic E-state index is 0.102. The second kappa shape index (κ2) is 14.7. The maximum absolute atomic E-state index is 14.0. The molecule has 1 fully saturated rings. The van der Waals surface area contributed by atoms with Crippen LogP contribution < -0.4 is 5.32 Å². The molecule has 6 rings (SSSR count). The van der Waals surface area contributed by atoms with Gasteiger partial charge in [-0.25, -0.2) is 8.42 Å². The summed E-state index contributed by atoms with van der Waals surface area (Å²) < 4.78 is 29.5. The summed E-state index contributed by atoms with van der Waals surface area (Å²) in [6.07, 6.45) is 10.0. The van der Waals surface area contributed by atoms with Crippen LogP contribution in [0.3, 0.4) is 0 Å². The van der Waals surface area contributed by atoms with E-state index in [0.29, 0.717) is 0 Å². The van der Waals surface area contributed by atoms with Crippen LogP contribution in [0.25, 0.3) is 22.3 Å². The van der Waals surface area contributed by atoms with Gasteiger partial charge in [-0.2, -0.15) is 4.31 Å². The van der Waals surface area contributed by atoms with Crippen LogP contribution in [0, 0.1) is 5.92 Å². The number of nitrogens with zero attached hydrogens (tertiary/aromatic N) is 2. The molecule has 1 N–H and O–H groups in total. The average Bonchev–Trinajstić information content (AvgIpc) is 3.40. The molecule has 7 heteroatoms. The van der Waals surface area contributed by atoms with Crippen molar-refractivity contribution in [1.29, 1.82) is 0 Å². The lowest BCUT2D eigenvalue weighted by Gasteiger charge is -2.23. The van der Waals surface area contributed by atoms with Crippen molar-refractivity contribution >= 4 is 21.6 Å². The average molecular weight is 630 g/mol. The van der Waals surface area contributed by atoms with Gasteiger partial charge < -0.3 is 5.32 Å². The molecule has 0 bridgehead atoms. The molecule has 0 radical (unpaired) electrons. The van der Waals surface area contributed by atoms with Crippen molar-refractivity contribution in [3.8, 4) is 22.3 Å². The predicted octanol–water partition coefficient (Wildman–Crippen LogP) is 8.72. The number of carbonyl (C=O) groups is 1. The van der Waals surface area contributed by atoms with Crippen LogP contribution in [-0.4, -0.2) is 23.6 Å². The molecule has 0 aliphatic heterocycles. The largest absolute Gasteiger partial charge is 0.326 e. The van der Waals surface area contributed by atoms with Crippen molar-refractivity contribution in [1.82, 2.24) is 9.29 Å². The molecule has 0 unspecified atom stereocenters. The van der Waals surface area contributed by atoms with Gasteiger partial charge in [-0.1, -0.05) is 111 Å². The van der Waals surface area contributed by atoms with Crippen molar-refractivity contribution in [3.63, 3.8) is 0 Å². The quantitative estimate of drug-likeness (QED) is 0.157. The molecule has 234 valence electrons. The number of aromatic nitrogens is 1. The zero-order valence-electron chi connectivity index (χ0n) is 25.9. The second-order valence-corrected chi connectivity index (χ2v) is 13.9. The van der Waals surface area contributed by atoms with E-state index in [-0.39, 0.29) is 29.8 Å². The first-order valence-electron chi connectivity index (χ1n) is 16.0. The third-order valence-corrected chi connectivity index (χ3v) is 10.5. The standard InChI is InChI=1S/C39H39N3O3S/c43-39(36-12-4-1-2-5-13-36)41-37-22-18-34(19-23-37)33-16-14-30(15-17-33)28-42(29-31-9-8-26-40-27-31)46(44,45)38-24-20-35(21-25-38)32-10-6-3-7-11-32/h3,6-11,14-27,36H,1-2,4-5,12-13,28-29H2,(H,41,43). The van der Waals surface area contributed by atoms with Crippen LogP contribution in [0.15, 0.2) is 133 Å². The smallest absolute Gasteiger partial charge is 0.243 e. The van der Waals surface area contributed by atoms with Crippen LogP contribution >= 0.6 is 0 Å². The summed E-state index contributed by atoms with van der Waals surface area (Å²) in [4.78, 5) is 17.2. The molecule has 1 aromatic heterocycles. The minimum Gasteiger partial charge on any atom is -0.326 e. The molecule has 4 aromatic carbocycles. The summed E-state index contributed by atoms with van der Waals surface area (Å²) in [6.45, 7) is 0.413. The van der Waals surface area contributed by atoms with E-state index in [9.17, 15) is 13.2 Å². The minimum atomic E-state index is -3.81. The Bertz CT molecular complexity index is 1820. The summed E-state index contributed by atoms with van der Waals surface area (Å²) in [7, 11) is -3.81. The number of anilines is 1. The van der Waals surface area contributed by atoms with Gasteiger partial charge in [-0.15, -0.1) is 0 Å². The van der Waals surface area contributed by atoms with Gasteiger partial charge in [0.25, 0.3) is 0 Å². The summed E-state index contributed by atoms with van der Waals surface area (Å²) in [6, 6.07) is 36.6. The first kappa shape index (κ1) is 31.4. The molecule has 1 heterocycles. The van der Waals surface area contributed by atoms with Crippen LogP contribution in [0.5, 0.6) is 0 Å². The van der Waals surface area contributed by atoms with Gasteiger partial charge in [0, 0.05) is 37.1 Å². The van der Waals surface area contributed by atoms with Gasteiger partial charge in [0.15, 0.2) is 0 Å². The number of hydrogen-bond donors (Lipinski definition) is 1. The van der Waals surface area contributed by atoms with E-state index in [0.717, 1.165) is 64.8 Å². The molecule has 5 aromatic rings. The lowest BCUT2D eigenvalue weighted by Crippen LogP contribution is -2.30. The molecule has 1 aliphatic rings. The van der Waals surface area contributed by atoms with Crippen molar-refractivity contribution < 1.29 is 13.2 Å². The molecule has 0 saturated heterocycles. The number of benzene rings is 4. The van der Waals surface area contributed by atoms with Gasteiger partial charge in [-0.3, -0.25) is 9.78 Å². The Morgan fingerprint density at radius 1 is 0.652 bits per heavy atom. The number of sulfonamides is 1. The van der Waals surface area contributed by atoms with Crippen LogP contribution in [-0.2, 0) is 27.9 Å². The number of amides is 1. The topological polar surface area (TPSA) is 79.4 Å². The fourth-order valence-corrected chi connectivity index (χ4v) is 7.47. The van der Waals surface area contributed by atoms with Crippen LogP contribution in [0.2, 0.25) is 0 Å². The van der Waals surface area contributed by atoms with Crippen molar-refractivity contribution in [2.24, 2.45) is 5.92 Å². The van der Waals surface area contributed by atoms with Gasteiger partial charge >= 0.3 is 0 Å². The Hall–Kier alpha value is -4.59. The number of carbonyl (C=O) groups excluding carboxylic acids is 1. The molecule has 0 atom stereocenters. The molecule has 1 aliphatic carbocycles. The normalized spacial score (nSPS) is 14.1. The van der Waals surface area contributed by atoms with Crippen molar-refractivity contribution in [2.45, 2.75) is 56.5 Å². The lowest BCUT2D eigenvalue weighted by molar-refractivity contribution is -0.120. The first-order chi connectivity index (χ1) is 22.5. The molecule has 6 nitrogen and oxygen atoms in total. The van der Waals surface area contributed by atoms with E-state index in [2.05, 4.69) is 10.3 Å². The Labute approximate surface area is 272 Å². The van der Waals surface area contributed by atoms with Gasteiger partial charge in [0.1, 0.15) is 0 Å². The summed E-state index contributed by atoms with van der Waals surface area (Å²) >= 11 is 0. The number of hydrogen-bond acceptors (Lipinski definition) is 4. The first-order valence-corrected chi connectivity index (χ1v) is 17.4. The highest BCUT2D eigenvalue weighted by Crippen LogP contribution is 2.28. The lowest BCUT2D eigenvalue weighted by atomic mass is 9.99. The van der Waals surface area contributed by atoms with Gasteiger partial charge in [0.2, 0.25) is 15.9 Å². The summed E-state index contributed by atoms with van der Waals surface area (Å²) in [5.41, 5.74) is 6.54. The van der Waals surface area contributed by atoms with Gasteiger partial charge in [0.05, 0.1) is 4.90 Å². The zero-order chi connectivity index (χ0) is 31.8. The molecule has 46 heavy (non-hydrogen) atoms. The Morgan fingerprint density at radius 3 is 1.83 bits per heavy atom. The number of rotatable bonds is 10. The van der Waals surface area contributed by atoms with E-state index >= 15 is 0 Å². The zero-order valence-corrected chi connectivity index (χ0v) is 26.7. The second-order valence-electron chi connectivity index (χ2n) is 12.0. The monoisotopic (exact) mass is 629 g/mol. The molecule has 1 amide bonds. The highest BCUT2D eigenvalue weighted by molar-refractivity contribution is 7.89. The number of pyridine rings is 1. The maximum atomic E-state index is 14.0. The summed E-state index contributed by atoms with van der Waals surface area (Å²) in [5, 5.41) is 3.10. The number of nitrogens with one attached hydrogen (secondary N) is 1. The fraction of sp³-hybridized carbons (Fsp3) is 0.231.